The van der Waals surface area contributed by atoms with E-state index < -0.39 is 5.97 Å². The molecule has 1 atom stereocenters. The fraction of sp³-hybridized carbons (Fsp3) is 0.480. The first-order valence-corrected chi connectivity index (χ1v) is 11.4. The molecule has 8 heteroatoms. The number of hydrogen-bond donors (Lipinski definition) is 2. The van der Waals surface area contributed by atoms with E-state index >= 15 is 0 Å². The van der Waals surface area contributed by atoms with Gasteiger partial charge in [0.1, 0.15) is 11.5 Å². The number of aryl methyl sites for hydroxylation is 1. The Bertz CT molecular complexity index is 1010. The van der Waals surface area contributed by atoms with Crippen molar-refractivity contribution < 1.29 is 23.5 Å². The average Bonchev–Trinajstić information content (AvgIpc) is 3.11. The molecule has 2 N–H and O–H groups in total. The standard InChI is InChI=1S/C25H32FN3O4/c1-5-33-25(32)21-16(3)22(28-17(21)4)24(31)29-12-10-19(11-13-29)15(2)23(30)27-14-18-6-8-20(26)9-7-18/h6-9,15,19,28H,5,10-14H2,1-4H3,(H,27,30). The first-order chi connectivity index (χ1) is 15.7. The molecule has 178 valence electrons. The molecule has 0 saturated carbocycles. The first kappa shape index (κ1) is 24.5. The van der Waals surface area contributed by atoms with E-state index in [0.29, 0.717) is 42.1 Å². The number of aromatic amines is 1. The van der Waals surface area contributed by atoms with Crippen molar-refractivity contribution in [2.24, 2.45) is 11.8 Å². The number of esters is 1. The van der Waals surface area contributed by atoms with Crippen LogP contribution in [-0.4, -0.2) is 47.4 Å². The smallest absolute Gasteiger partial charge is 0.340 e. The lowest BCUT2D eigenvalue weighted by Crippen LogP contribution is -2.42. The van der Waals surface area contributed by atoms with Crippen LogP contribution in [0.2, 0.25) is 0 Å². The molecule has 0 radical (unpaired) electrons. The number of hydrogen-bond acceptors (Lipinski definition) is 4. The monoisotopic (exact) mass is 457 g/mol. The van der Waals surface area contributed by atoms with Gasteiger partial charge in [-0.25, -0.2) is 9.18 Å². The molecule has 33 heavy (non-hydrogen) atoms. The minimum atomic E-state index is -0.429. The Balaban J connectivity index is 1.55. The third-order valence-electron chi connectivity index (χ3n) is 6.46. The minimum Gasteiger partial charge on any atom is -0.462 e. The number of amides is 2. The summed E-state index contributed by atoms with van der Waals surface area (Å²) in [4.78, 5) is 42.7. The van der Waals surface area contributed by atoms with E-state index in [9.17, 15) is 18.8 Å². The number of H-pyrrole nitrogens is 1. The van der Waals surface area contributed by atoms with Crippen LogP contribution in [-0.2, 0) is 16.1 Å². The zero-order valence-electron chi connectivity index (χ0n) is 19.7. The molecule has 1 fully saturated rings. The van der Waals surface area contributed by atoms with Gasteiger partial charge in [-0.15, -0.1) is 0 Å². The summed E-state index contributed by atoms with van der Waals surface area (Å²) >= 11 is 0. The van der Waals surface area contributed by atoms with Gasteiger partial charge in [-0.2, -0.15) is 0 Å². The number of halogens is 1. The molecule has 1 aromatic carbocycles. The Morgan fingerprint density at radius 1 is 1.18 bits per heavy atom. The van der Waals surface area contributed by atoms with Crippen molar-refractivity contribution in [3.05, 3.63) is 58.2 Å². The molecule has 1 unspecified atom stereocenters. The van der Waals surface area contributed by atoms with E-state index in [1.54, 1.807) is 37.8 Å². The zero-order chi connectivity index (χ0) is 24.1. The lowest BCUT2D eigenvalue weighted by Gasteiger charge is -2.34. The summed E-state index contributed by atoms with van der Waals surface area (Å²) < 4.78 is 18.1. The Morgan fingerprint density at radius 3 is 2.42 bits per heavy atom. The molecular formula is C25H32FN3O4. The van der Waals surface area contributed by atoms with Crippen molar-refractivity contribution in [3.63, 3.8) is 0 Å². The second-order valence-corrected chi connectivity index (χ2v) is 8.61. The highest BCUT2D eigenvalue weighted by molar-refractivity contribution is 6.00. The Morgan fingerprint density at radius 2 is 1.82 bits per heavy atom. The van der Waals surface area contributed by atoms with E-state index in [1.165, 1.54) is 12.1 Å². The zero-order valence-corrected chi connectivity index (χ0v) is 19.7. The number of aromatic nitrogens is 1. The third kappa shape index (κ3) is 5.61. The van der Waals surface area contributed by atoms with Crippen molar-refractivity contribution in [3.8, 4) is 0 Å². The van der Waals surface area contributed by atoms with Gasteiger partial charge < -0.3 is 19.9 Å². The van der Waals surface area contributed by atoms with Gasteiger partial charge in [0, 0.05) is 31.2 Å². The largest absolute Gasteiger partial charge is 0.462 e. The number of nitrogens with zero attached hydrogens (tertiary/aromatic N) is 1. The number of carbonyl (C=O) groups is 3. The molecule has 2 amide bonds. The summed E-state index contributed by atoms with van der Waals surface area (Å²) in [6.07, 6.45) is 1.45. The summed E-state index contributed by atoms with van der Waals surface area (Å²) in [6, 6.07) is 6.06. The maximum atomic E-state index is 13.1. The van der Waals surface area contributed by atoms with Gasteiger partial charge in [-0.1, -0.05) is 19.1 Å². The van der Waals surface area contributed by atoms with Crippen LogP contribution in [0.15, 0.2) is 24.3 Å². The van der Waals surface area contributed by atoms with Crippen LogP contribution in [0.1, 0.15) is 64.4 Å². The van der Waals surface area contributed by atoms with Gasteiger partial charge in [0.15, 0.2) is 0 Å². The SMILES string of the molecule is CCOC(=O)c1c(C)[nH]c(C(=O)N2CCC(C(C)C(=O)NCc3ccc(F)cc3)CC2)c1C. The van der Waals surface area contributed by atoms with Crippen molar-refractivity contribution in [1.82, 2.24) is 15.2 Å². The third-order valence-corrected chi connectivity index (χ3v) is 6.46. The van der Waals surface area contributed by atoms with Crippen molar-refractivity contribution in [2.75, 3.05) is 19.7 Å². The van der Waals surface area contributed by atoms with Crippen LogP contribution in [0.25, 0.3) is 0 Å². The van der Waals surface area contributed by atoms with Gasteiger partial charge in [0.2, 0.25) is 5.91 Å². The highest BCUT2D eigenvalue weighted by atomic mass is 19.1. The van der Waals surface area contributed by atoms with Crippen LogP contribution < -0.4 is 5.32 Å². The lowest BCUT2D eigenvalue weighted by molar-refractivity contribution is -0.126. The van der Waals surface area contributed by atoms with Gasteiger partial charge in [-0.05, 0) is 62.8 Å². The maximum absolute atomic E-state index is 13.1. The number of likely N-dealkylation sites (tertiary alicyclic amines) is 1. The molecular weight excluding hydrogens is 425 g/mol. The lowest BCUT2D eigenvalue weighted by atomic mass is 9.84. The summed E-state index contributed by atoms with van der Waals surface area (Å²) in [5, 5.41) is 2.92. The number of benzene rings is 1. The van der Waals surface area contributed by atoms with Crippen LogP contribution in [0.3, 0.4) is 0 Å². The second kappa shape index (κ2) is 10.6. The number of piperidine rings is 1. The van der Waals surface area contributed by atoms with Gasteiger partial charge >= 0.3 is 5.97 Å². The fourth-order valence-corrected chi connectivity index (χ4v) is 4.40. The topological polar surface area (TPSA) is 91.5 Å². The predicted molar refractivity (Wildman–Crippen MR) is 122 cm³/mol. The number of ether oxygens (including phenoxy) is 1. The van der Waals surface area contributed by atoms with Gasteiger partial charge in [-0.3, -0.25) is 9.59 Å². The maximum Gasteiger partial charge on any atom is 0.340 e. The Labute approximate surface area is 193 Å². The summed E-state index contributed by atoms with van der Waals surface area (Å²) in [5.41, 5.74) is 2.90. The molecule has 0 aliphatic carbocycles. The average molecular weight is 458 g/mol. The Hall–Kier alpha value is -3.16. The highest BCUT2D eigenvalue weighted by Gasteiger charge is 2.32. The quantitative estimate of drug-likeness (QED) is 0.620. The minimum absolute atomic E-state index is 0.0426. The Kier molecular flexibility index (Phi) is 7.89. The number of carbonyl (C=O) groups excluding carboxylic acids is 3. The van der Waals surface area contributed by atoms with Crippen molar-refractivity contribution >= 4 is 17.8 Å². The van der Waals surface area contributed by atoms with E-state index in [2.05, 4.69) is 10.3 Å². The van der Waals surface area contributed by atoms with Gasteiger partial charge in [0.25, 0.3) is 5.91 Å². The summed E-state index contributed by atoms with van der Waals surface area (Å²) in [6.45, 7) is 8.89. The predicted octanol–water partition coefficient (Wildman–Crippen LogP) is 3.75. The molecule has 1 aromatic heterocycles. The normalized spacial score (nSPS) is 15.2. The summed E-state index contributed by atoms with van der Waals surface area (Å²) in [5.74, 6) is -0.933. The second-order valence-electron chi connectivity index (χ2n) is 8.61. The van der Waals surface area contributed by atoms with Gasteiger partial charge in [0.05, 0.1) is 12.2 Å². The van der Waals surface area contributed by atoms with Crippen molar-refractivity contribution in [2.45, 2.75) is 47.1 Å². The molecule has 0 bridgehead atoms. The molecule has 3 rings (SSSR count). The molecule has 1 aliphatic rings. The van der Waals surface area contributed by atoms with Crippen LogP contribution in [0.4, 0.5) is 4.39 Å². The van der Waals surface area contributed by atoms with E-state index in [1.807, 2.05) is 6.92 Å². The van der Waals surface area contributed by atoms with Crippen molar-refractivity contribution in [1.29, 1.82) is 0 Å². The molecule has 0 spiro atoms. The van der Waals surface area contributed by atoms with Crippen LogP contribution in [0.5, 0.6) is 0 Å². The molecule has 7 nitrogen and oxygen atoms in total. The highest BCUT2D eigenvalue weighted by Crippen LogP contribution is 2.27. The van der Waals surface area contributed by atoms with E-state index in [4.69, 9.17) is 4.74 Å². The first-order valence-electron chi connectivity index (χ1n) is 11.4. The van der Waals surface area contributed by atoms with Crippen LogP contribution in [0, 0.1) is 31.5 Å². The molecule has 2 heterocycles. The van der Waals surface area contributed by atoms with Crippen LogP contribution >= 0.6 is 0 Å². The molecule has 1 saturated heterocycles. The number of rotatable bonds is 7. The number of nitrogens with one attached hydrogen (secondary N) is 2. The van der Waals surface area contributed by atoms with E-state index in [-0.39, 0.29) is 36.1 Å². The molecule has 1 aliphatic heterocycles. The summed E-state index contributed by atoms with van der Waals surface area (Å²) in [7, 11) is 0. The fourth-order valence-electron chi connectivity index (χ4n) is 4.40. The molecule has 2 aromatic rings. The van der Waals surface area contributed by atoms with E-state index in [0.717, 1.165) is 18.4 Å².